The second-order valence-electron chi connectivity index (χ2n) is 3.62. The van der Waals surface area contributed by atoms with Crippen molar-refractivity contribution in [3.63, 3.8) is 0 Å². The number of carbonyl (C=O) groups is 1. The van der Waals surface area contributed by atoms with Crippen LogP contribution in [0.25, 0.3) is 0 Å². The number of carbonyl (C=O) groups excluding carboxylic acids is 1. The number of aryl methyl sites for hydroxylation is 1. The first-order chi connectivity index (χ1) is 7.66. The lowest BCUT2D eigenvalue weighted by Crippen LogP contribution is -2.08. The van der Waals surface area contributed by atoms with E-state index in [-0.39, 0.29) is 5.78 Å². The summed E-state index contributed by atoms with van der Waals surface area (Å²) in [6.07, 6.45) is 5.04. The molecular weight excluding hydrogens is 224 g/mol. The SMILES string of the molecule is Cc1cc(C(=O)Cn2ccnc2)ccc1Cl. The number of imidazole rings is 1. The van der Waals surface area contributed by atoms with E-state index in [4.69, 9.17) is 11.6 Å². The number of aromatic nitrogens is 2. The summed E-state index contributed by atoms with van der Waals surface area (Å²) in [7, 11) is 0. The molecule has 2 rings (SSSR count). The largest absolute Gasteiger partial charge is 0.330 e. The molecule has 0 spiro atoms. The lowest BCUT2D eigenvalue weighted by Gasteiger charge is -2.04. The maximum atomic E-state index is 11.9. The maximum Gasteiger partial charge on any atom is 0.182 e. The van der Waals surface area contributed by atoms with Crippen molar-refractivity contribution in [2.24, 2.45) is 0 Å². The summed E-state index contributed by atoms with van der Waals surface area (Å²) in [5, 5.41) is 0.680. The number of Topliss-reactive ketones (excluding diaryl/α,β-unsaturated/α-hetero) is 1. The van der Waals surface area contributed by atoms with Crippen LogP contribution in [0, 0.1) is 6.92 Å². The molecule has 4 heteroatoms. The van der Waals surface area contributed by atoms with Crippen molar-refractivity contribution < 1.29 is 4.79 Å². The minimum atomic E-state index is 0.0535. The van der Waals surface area contributed by atoms with Crippen LogP contribution in [0.2, 0.25) is 5.02 Å². The van der Waals surface area contributed by atoms with E-state index in [2.05, 4.69) is 4.98 Å². The predicted molar refractivity (Wildman–Crippen MR) is 62.7 cm³/mol. The zero-order valence-corrected chi connectivity index (χ0v) is 9.61. The standard InChI is InChI=1S/C12H11ClN2O/c1-9-6-10(2-3-11(9)13)12(16)7-15-5-4-14-8-15/h2-6,8H,7H2,1H3. The van der Waals surface area contributed by atoms with Crippen molar-refractivity contribution in [2.75, 3.05) is 0 Å². The molecular formula is C12H11ClN2O. The third-order valence-electron chi connectivity index (χ3n) is 2.37. The molecule has 0 radical (unpaired) electrons. The van der Waals surface area contributed by atoms with Gasteiger partial charge in [0.2, 0.25) is 0 Å². The lowest BCUT2D eigenvalue weighted by molar-refractivity contribution is 0.0972. The van der Waals surface area contributed by atoms with Gasteiger partial charge in [0.1, 0.15) is 0 Å². The molecule has 0 aliphatic rings. The van der Waals surface area contributed by atoms with E-state index >= 15 is 0 Å². The van der Waals surface area contributed by atoms with E-state index in [0.717, 1.165) is 5.56 Å². The Morgan fingerprint density at radius 2 is 2.31 bits per heavy atom. The highest BCUT2D eigenvalue weighted by Crippen LogP contribution is 2.16. The molecule has 82 valence electrons. The highest BCUT2D eigenvalue weighted by molar-refractivity contribution is 6.31. The number of hydrogen-bond donors (Lipinski definition) is 0. The van der Waals surface area contributed by atoms with Gasteiger partial charge in [0.15, 0.2) is 5.78 Å². The molecule has 0 unspecified atom stereocenters. The van der Waals surface area contributed by atoms with E-state index in [9.17, 15) is 4.79 Å². The van der Waals surface area contributed by atoms with Crippen LogP contribution in [0.1, 0.15) is 15.9 Å². The normalized spacial score (nSPS) is 10.4. The molecule has 0 fully saturated rings. The van der Waals surface area contributed by atoms with Crippen LogP contribution in [0.15, 0.2) is 36.9 Å². The molecule has 2 aromatic rings. The van der Waals surface area contributed by atoms with Gasteiger partial charge in [0.05, 0.1) is 12.9 Å². The average Bonchev–Trinajstić information content (AvgIpc) is 2.74. The predicted octanol–water partition coefficient (Wildman–Crippen LogP) is 2.73. The van der Waals surface area contributed by atoms with Crippen molar-refractivity contribution in [3.8, 4) is 0 Å². The molecule has 0 saturated heterocycles. The van der Waals surface area contributed by atoms with E-state index < -0.39 is 0 Å². The Kier molecular flexibility index (Phi) is 3.06. The topological polar surface area (TPSA) is 34.9 Å². The van der Waals surface area contributed by atoms with E-state index in [1.807, 2.05) is 13.0 Å². The fourth-order valence-electron chi connectivity index (χ4n) is 1.46. The molecule has 16 heavy (non-hydrogen) atoms. The average molecular weight is 235 g/mol. The third kappa shape index (κ3) is 2.31. The van der Waals surface area contributed by atoms with Crippen LogP contribution in [0.3, 0.4) is 0 Å². The maximum absolute atomic E-state index is 11.9. The summed E-state index contributed by atoms with van der Waals surface area (Å²) in [5.74, 6) is 0.0535. The van der Waals surface area contributed by atoms with Crippen LogP contribution in [-0.2, 0) is 6.54 Å². The lowest BCUT2D eigenvalue weighted by atomic mass is 10.1. The molecule has 0 bridgehead atoms. The minimum absolute atomic E-state index is 0.0535. The van der Waals surface area contributed by atoms with Crippen molar-refractivity contribution in [1.29, 1.82) is 0 Å². The van der Waals surface area contributed by atoms with Gasteiger partial charge in [-0.1, -0.05) is 11.6 Å². The molecule has 0 aliphatic heterocycles. The van der Waals surface area contributed by atoms with Crippen molar-refractivity contribution in [2.45, 2.75) is 13.5 Å². The number of ketones is 1. The van der Waals surface area contributed by atoms with Crippen molar-refractivity contribution in [3.05, 3.63) is 53.1 Å². The first-order valence-corrected chi connectivity index (χ1v) is 5.30. The van der Waals surface area contributed by atoms with Gasteiger partial charge in [-0.25, -0.2) is 4.98 Å². The second kappa shape index (κ2) is 4.49. The van der Waals surface area contributed by atoms with Gasteiger partial charge in [-0.15, -0.1) is 0 Å². The Labute approximate surface area is 98.7 Å². The summed E-state index contributed by atoms with van der Waals surface area (Å²) in [6.45, 7) is 2.19. The molecule has 1 heterocycles. The molecule has 0 aliphatic carbocycles. The zero-order valence-electron chi connectivity index (χ0n) is 8.85. The Hall–Kier alpha value is -1.61. The van der Waals surface area contributed by atoms with Crippen LogP contribution >= 0.6 is 11.6 Å². The number of nitrogens with zero attached hydrogens (tertiary/aromatic N) is 2. The fourth-order valence-corrected chi connectivity index (χ4v) is 1.57. The first-order valence-electron chi connectivity index (χ1n) is 4.92. The first kappa shape index (κ1) is 10.9. The number of benzene rings is 1. The van der Waals surface area contributed by atoms with Crippen molar-refractivity contribution >= 4 is 17.4 Å². The Bertz CT molecular complexity index is 506. The smallest absolute Gasteiger partial charge is 0.182 e. The summed E-state index contributed by atoms with van der Waals surface area (Å²) in [5.41, 5.74) is 1.59. The molecule has 1 aromatic carbocycles. The summed E-state index contributed by atoms with van der Waals surface area (Å²) in [4.78, 5) is 15.8. The molecule has 0 saturated carbocycles. The van der Waals surface area contributed by atoms with Gasteiger partial charge >= 0.3 is 0 Å². The van der Waals surface area contributed by atoms with E-state index in [1.165, 1.54) is 0 Å². The molecule has 0 N–H and O–H groups in total. The molecule has 3 nitrogen and oxygen atoms in total. The Morgan fingerprint density at radius 1 is 1.50 bits per heavy atom. The van der Waals surface area contributed by atoms with Gasteiger partial charge in [-0.05, 0) is 30.7 Å². The van der Waals surface area contributed by atoms with E-state index in [0.29, 0.717) is 17.1 Å². The van der Waals surface area contributed by atoms with Crippen LogP contribution < -0.4 is 0 Å². The minimum Gasteiger partial charge on any atom is -0.330 e. The molecule has 0 amide bonds. The monoisotopic (exact) mass is 234 g/mol. The van der Waals surface area contributed by atoms with Gasteiger partial charge in [-0.3, -0.25) is 4.79 Å². The third-order valence-corrected chi connectivity index (χ3v) is 2.79. The number of rotatable bonds is 3. The van der Waals surface area contributed by atoms with Crippen molar-refractivity contribution in [1.82, 2.24) is 9.55 Å². The second-order valence-corrected chi connectivity index (χ2v) is 4.03. The summed E-state index contributed by atoms with van der Waals surface area (Å²) in [6, 6.07) is 5.30. The Morgan fingerprint density at radius 3 is 2.94 bits per heavy atom. The number of hydrogen-bond acceptors (Lipinski definition) is 2. The highest BCUT2D eigenvalue weighted by atomic mass is 35.5. The zero-order chi connectivity index (χ0) is 11.5. The van der Waals surface area contributed by atoms with Gasteiger partial charge in [0, 0.05) is 23.0 Å². The fraction of sp³-hybridized carbons (Fsp3) is 0.167. The van der Waals surface area contributed by atoms with Gasteiger partial charge < -0.3 is 4.57 Å². The van der Waals surface area contributed by atoms with Crippen LogP contribution in [0.4, 0.5) is 0 Å². The quantitative estimate of drug-likeness (QED) is 0.766. The van der Waals surface area contributed by atoms with Gasteiger partial charge in [0.25, 0.3) is 0 Å². The molecule has 1 aromatic heterocycles. The van der Waals surface area contributed by atoms with E-state index in [1.54, 1.807) is 35.4 Å². The van der Waals surface area contributed by atoms with Crippen LogP contribution in [-0.4, -0.2) is 15.3 Å². The van der Waals surface area contributed by atoms with Gasteiger partial charge in [-0.2, -0.15) is 0 Å². The number of halogens is 1. The van der Waals surface area contributed by atoms with Crippen LogP contribution in [0.5, 0.6) is 0 Å². The highest BCUT2D eigenvalue weighted by Gasteiger charge is 2.07. The Balaban J connectivity index is 2.18. The summed E-state index contributed by atoms with van der Waals surface area (Å²) >= 11 is 5.90. The summed E-state index contributed by atoms with van der Waals surface area (Å²) < 4.78 is 1.74. The molecule has 0 atom stereocenters.